The van der Waals surface area contributed by atoms with E-state index in [-0.39, 0.29) is 53.2 Å². The summed E-state index contributed by atoms with van der Waals surface area (Å²) in [4.78, 5) is 60.2. The number of halogens is 2. The van der Waals surface area contributed by atoms with Crippen molar-refractivity contribution in [2.75, 3.05) is 89.0 Å². The van der Waals surface area contributed by atoms with Crippen LogP contribution >= 0.6 is 50.2 Å². The molecule has 9 heterocycles. The van der Waals surface area contributed by atoms with Gasteiger partial charge in [0, 0.05) is 201 Å². The third-order valence-corrected chi connectivity index (χ3v) is 18.5. The summed E-state index contributed by atoms with van der Waals surface area (Å²) in [6.07, 6.45) is 21.1. The van der Waals surface area contributed by atoms with Gasteiger partial charge in [-0.25, -0.2) is 29.7 Å². The lowest BCUT2D eigenvalue weighted by Gasteiger charge is -2.36. The van der Waals surface area contributed by atoms with Gasteiger partial charge in [-0.1, -0.05) is 36.5 Å². The highest BCUT2D eigenvalue weighted by molar-refractivity contribution is 7.59. The third kappa shape index (κ3) is 20.2. The van der Waals surface area contributed by atoms with Gasteiger partial charge in [0.1, 0.15) is 28.6 Å². The number of nitrogens with zero attached hydrogens (tertiary/aromatic N) is 19. The van der Waals surface area contributed by atoms with E-state index in [2.05, 4.69) is 83.8 Å². The van der Waals surface area contributed by atoms with Gasteiger partial charge in [0.05, 0.1) is 122 Å². The fourth-order valence-corrected chi connectivity index (χ4v) is 13.4. The summed E-state index contributed by atoms with van der Waals surface area (Å²) in [6, 6.07) is 37.2. The minimum absolute atomic E-state index is 0. The van der Waals surface area contributed by atoms with E-state index in [4.69, 9.17) is 61.8 Å². The van der Waals surface area contributed by atoms with Crippen molar-refractivity contribution in [3.05, 3.63) is 199 Å². The smallest absolute Gasteiger partial charge is 0.410 e. The molecule has 0 unspecified atom stereocenters. The first-order valence-electron chi connectivity index (χ1n) is 34.9. The molecule has 0 spiro atoms. The van der Waals surface area contributed by atoms with Gasteiger partial charge in [-0.05, 0) is 118 Å². The number of aromatic nitrogens is 14. The number of rotatable bonds is 20. The van der Waals surface area contributed by atoms with Crippen LogP contribution in [0.1, 0.15) is 46.9 Å². The summed E-state index contributed by atoms with van der Waals surface area (Å²) in [5, 5.41) is 23.2. The number of aliphatic hydroxyl groups excluding tert-OH is 1. The van der Waals surface area contributed by atoms with E-state index in [1.165, 1.54) is 0 Å². The van der Waals surface area contributed by atoms with Gasteiger partial charge >= 0.3 is 6.09 Å². The number of anilines is 6. The first-order valence-corrected chi connectivity index (χ1v) is 35.6. The normalized spacial score (nSPS) is 13.4. The van der Waals surface area contributed by atoms with E-state index in [1.54, 1.807) is 104 Å². The monoisotopic (exact) mass is 1570 g/mol. The lowest BCUT2D eigenvalue weighted by atomic mass is 10.2. The maximum atomic E-state index is 12.8. The summed E-state index contributed by atoms with van der Waals surface area (Å²) < 4.78 is 33.1. The zero-order valence-corrected chi connectivity index (χ0v) is 66.0. The lowest BCUT2D eigenvalue weighted by molar-refractivity contribution is 0.0132. The van der Waals surface area contributed by atoms with Crippen LogP contribution in [0.5, 0.6) is 23.0 Å². The van der Waals surface area contributed by atoms with Gasteiger partial charge < -0.3 is 48.4 Å². The summed E-state index contributed by atoms with van der Waals surface area (Å²) in [5.74, 6) is 9.45. The minimum Gasteiger partial charge on any atom is -0.497 e. The maximum absolute atomic E-state index is 12.8. The number of ether oxygens (including phenoxy) is 5. The van der Waals surface area contributed by atoms with Gasteiger partial charge in [0.25, 0.3) is 0 Å². The van der Waals surface area contributed by atoms with Crippen molar-refractivity contribution in [3.63, 3.8) is 0 Å². The molecule has 26 nitrogen and oxygen atoms in total. The Morgan fingerprint density at radius 2 is 0.946 bits per heavy atom. The topological polar surface area (TPSA) is 256 Å². The second kappa shape index (κ2) is 36.9. The summed E-state index contributed by atoms with van der Waals surface area (Å²) >= 11 is 12.4. The molecule has 30 heteroatoms. The Labute approximate surface area is 668 Å². The van der Waals surface area contributed by atoms with Crippen LogP contribution in [-0.2, 0) is 25.9 Å². The fourth-order valence-electron chi connectivity index (χ4n) is 12.9. The lowest BCUT2D eigenvalue weighted by Crippen LogP contribution is -2.51. The van der Waals surface area contributed by atoms with Crippen LogP contribution in [-0.4, -0.2) is 182 Å². The van der Waals surface area contributed by atoms with Gasteiger partial charge in [0.2, 0.25) is 5.82 Å². The van der Waals surface area contributed by atoms with Crippen molar-refractivity contribution in [3.8, 4) is 68.6 Å². The molecule has 1 N–H and O–H groups in total. The van der Waals surface area contributed by atoms with Crippen LogP contribution in [0.4, 0.5) is 38.9 Å². The number of carbonyl (C=O) groups excluding carboxylic acids is 1. The largest absolute Gasteiger partial charge is 0.497 e. The standard InChI is InChI=1S/C32H39N7O4.C27H23N7O2.C21H19Cl2N5O.CH4.2H2S/c1-32(2,3)43-31(40)39-20-24-11-25(39)19-37(24)9-10-38(23-12-26(41-5)15-27(13-23)42-6)22-7-8-28-29(14-22)35-30(17-33-28)21-16-34-36(4)18-21;1-33-18-19(16-31-33)26-17-30-24-8-7-20(14-25(24)32-26)34(11-4-6-27-28-9-5-10-29-27)21-12-22(35-2)15-23(13-21)36-3;1-27-13-14(11-25-27)21-12-24-19-4-3-17(10-20(19)26-21)28(5-2-6-29)18-8-15(22)7-16(23)9-18;;;/h7-8,12-18,24-25H,9-11,19-20H2,1-6H3;5,7-10,12-18H,11H2,1-3H3;3-4,7-13,29H,2,5-6H2,1H3;1H4;2*1H2/t24-,25-;;;;;/m0...../s1. The fraction of sp³-hybridized carbons (Fsp3) is 0.284. The number of aliphatic hydroxyl groups is 1. The van der Waals surface area contributed by atoms with Gasteiger partial charge in [-0.3, -0.25) is 33.9 Å². The van der Waals surface area contributed by atoms with E-state index in [9.17, 15) is 9.90 Å². The number of likely N-dealkylation sites (tertiary alicyclic amines) is 2. The molecule has 2 fully saturated rings. The highest BCUT2D eigenvalue weighted by atomic mass is 35.5. The number of piperazine rings is 1. The maximum Gasteiger partial charge on any atom is 0.410 e. The van der Waals surface area contributed by atoms with Gasteiger partial charge in [0.15, 0.2) is 0 Å². The van der Waals surface area contributed by atoms with Crippen LogP contribution in [0.15, 0.2) is 183 Å². The molecular formula is C81H89Cl2N19O7S2. The highest BCUT2D eigenvalue weighted by Crippen LogP contribution is 2.39. The van der Waals surface area contributed by atoms with E-state index in [0.29, 0.717) is 77.5 Å². The predicted octanol–water partition coefficient (Wildman–Crippen LogP) is 14.6. The minimum atomic E-state index is -0.500. The molecule has 576 valence electrons. The Bertz CT molecular complexity index is 5360. The van der Waals surface area contributed by atoms with Crippen molar-refractivity contribution in [1.82, 2.24) is 79.0 Å². The van der Waals surface area contributed by atoms with Crippen LogP contribution < -0.4 is 33.6 Å². The number of amides is 1. The number of carbonyl (C=O) groups is 1. The summed E-state index contributed by atoms with van der Waals surface area (Å²) in [6.45, 7) is 9.85. The Balaban J connectivity index is 0.000000178. The molecule has 111 heavy (non-hydrogen) atoms. The molecule has 0 aliphatic carbocycles. The van der Waals surface area contributed by atoms with Crippen LogP contribution in [0.3, 0.4) is 0 Å². The van der Waals surface area contributed by atoms with Crippen molar-refractivity contribution in [1.29, 1.82) is 0 Å². The molecule has 2 saturated heterocycles. The SMILES string of the molecule is C.COc1cc(OC)cc(N(CC#Cc2ncccn2)c2ccc3ncc(-c4cnn(C)c4)nc3c2)c1.COc1cc(OC)cc(N(CCN2C[C@@H]3C[C@H]2CN3C(=O)OC(C)(C)C)c2ccc3ncc(-c4cnn(C)c4)nc3c2)c1.Cn1cc(-c2cnc3ccc(N(CCCO)c4cc(Cl)cc(Cl)c4)cc3n2)cn1.S.S. The number of hydrogen-bond donors (Lipinski definition) is 1. The molecule has 2 aliphatic heterocycles. The molecular weight excluding hydrogens is 1490 g/mol. The zero-order valence-electron chi connectivity index (χ0n) is 62.5. The van der Waals surface area contributed by atoms with Crippen molar-refractivity contribution < 1.29 is 33.6 Å². The van der Waals surface area contributed by atoms with E-state index in [0.717, 1.165) is 121 Å². The van der Waals surface area contributed by atoms with Gasteiger partial charge in [-0.2, -0.15) is 42.3 Å². The first kappa shape index (κ1) is 82.2. The highest BCUT2D eigenvalue weighted by Gasteiger charge is 2.46. The van der Waals surface area contributed by atoms with Crippen LogP contribution in [0.25, 0.3) is 66.9 Å². The Morgan fingerprint density at radius 3 is 1.34 bits per heavy atom. The summed E-state index contributed by atoms with van der Waals surface area (Å²) in [7, 11) is 12.2. The molecule has 6 aromatic carbocycles. The number of methoxy groups -OCH3 is 4. The van der Waals surface area contributed by atoms with Gasteiger partial charge in [-0.15, -0.1) is 0 Å². The first-order chi connectivity index (χ1) is 52.2. The van der Waals surface area contributed by atoms with Crippen molar-refractivity contribution in [2.45, 2.75) is 58.7 Å². The Kier molecular flexibility index (Phi) is 27.3. The number of hydrogen-bond acceptors (Lipinski definition) is 22. The molecule has 2 aliphatic rings. The molecule has 15 rings (SSSR count). The van der Waals surface area contributed by atoms with Crippen molar-refractivity contribution in [2.24, 2.45) is 21.1 Å². The molecule has 0 saturated carbocycles. The number of fused-ring (bicyclic) bond motifs is 5. The average molecular weight is 1580 g/mol. The molecule has 13 aromatic rings. The average Bonchev–Trinajstić information content (AvgIpc) is 1.67. The zero-order chi connectivity index (χ0) is 75.6. The second-order valence-electron chi connectivity index (χ2n) is 26.8. The van der Waals surface area contributed by atoms with E-state index in [1.807, 2.05) is 156 Å². The molecule has 1 amide bonds. The number of aryl methyl sites for hydroxylation is 3. The third-order valence-electron chi connectivity index (χ3n) is 18.1. The second-order valence-corrected chi connectivity index (χ2v) is 27.6. The van der Waals surface area contributed by atoms with E-state index >= 15 is 0 Å². The molecule has 7 aromatic heterocycles. The molecule has 0 radical (unpaired) electrons. The Morgan fingerprint density at radius 1 is 0.523 bits per heavy atom. The molecule has 2 atom stereocenters. The summed E-state index contributed by atoms with van der Waals surface area (Å²) in [5.41, 5.74) is 14.7. The quantitative estimate of drug-likeness (QED) is 0.0696. The van der Waals surface area contributed by atoms with Crippen LogP contribution in [0, 0.1) is 11.8 Å². The predicted molar refractivity (Wildman–Crippen MR) is 447 cm³/mol. The number of benzene rings is 6. The molecule has 2 bridgehead atoms. The van der Waals surface area contributed by atoms with Crippen molar-refractivity contribution >= 4 is 124 Å². The van der Waals surface area contributed by atoms with E-state index < -0.39 is 5.60 Å². The Hall–Kier alpha value is -11.3. The van der Waals surface area contributed by atoms with Crippen LogP contribution in [0.2, 0.25) is 10.0 Å².